The quantitative estimate of drug-likeness (QED) is 0.0969. The largest absolute Gasteiger partial charge is 0.406 e. The van der Waals surface area contributed by atoms with Crippen molar-refractivity contribution in [3.63, 3.8) is 0 Å². The number of aryl methyl sites for hydroxylation is 2. The number of amides is 2. The lowest BCUT2D eigenvalue weighted by Gasteiger charge is -2.47. The van der Waals surface area contributed by atoms with Gasteiger partial charge in [0.25, 0.3) is 0 Å². The molecule has 3 aromatic heterocycles. The molecule has 75 heavy (non-hydrogen) atoms. The minimum Gasteiger partial charge on any atom is -0.382 e. The standard InChI is InChI=1S/C56H63ClF3N10O3PS/c1-36-37(2)75-54-51(36)52(39-11-13-40(57)14-12-39)63-47(53-65-64-38(3)70(53)54)33-49(71)67-28-21-55(22-29-67)23-30-68(31-24-55)50(72)34-66-26-19-42(20-27-66)62-46-9-6-10-48-45(46)32-43(69(48)35-56(58,59)60)8-7-25-61-41-15-17-44(18-16-41)74(4,5)73/h6,9-18,32,42,47,61-62H,19-31,33-35H2,1-5H3/t47-/m0/s1. The minimum atomic E-state index is -4.44. The van der Waals surface area contributed by atoms with Gasteiger partial charge in [-0.25, -0.2) is 0 Å². The number of likely N-dealkylation sites (tertiary alicyclic amines) is 3. The SMILES string of the molecule is Cc1sc2c(c1C)C(c1ccc(Cl)cc1)=N[C@@H](CC(=O)N1CCC3(CC1)CCN(C(=O)CN1CCC(Nc4cccc5c4cc(C#CCNc4ccc(P(C)(C)=O)cc4)n5CC(F)(F)F)CC1)CC3)c1nnc(C)n1-2. The van der Waals surface area contributed by atoms with E-state index >= 15 is 0 Å². The Morgan fingerprint density at radius 3 is 2.20 bits per heavy atom. The molecular formula is C56H63ClF3N10O3PS. The van der Waals surface area contributed by atoms with Crippen molar-refractivity contribution >= 4 is 75.2 Å². The lowest BCUT2D eigenvalue weighted by Crippen LogP contribution is -2.51. The number of rotatable bonds is 11. The van der Waals surface area contributed by atoms with E-state index in [2.05, 4.69) is 56.0 Å². The van der Waals surface area contributed by atoms with Crippen LogP contribution in [-0.4, -0.2) is 129 Å². The molecule has 0 bridgehead atoms. The van der Waals surface area contributed by atoms with Gasteiger partial charge in [-0.05, 0) is 144 Å². The Morgan fingerprint density at radius 1 is 0.880 bits per heavy atom. The second-order valence-corrected chi connectivity index (χ2v) is 25.9. The van der Waals surface area contributed by atoms with E-state index in [1.165, 1.54) is 9.44 Å². The van der Waals surface area contributed by atoms with Crippen LogP contribution in [0.5, 0.6) is 0 Å². The van der Waals surface area contributed by atoms with Crippen molar-refractivity contribution in [2.45, 2.75) is 90.5 Å². The summed E-state index contributed by atoms with van der Waals surface area (Å²) in [4.78, 5) is 40.7. The molecule has 10 rings (SSSR count). The number of aromatic nitrogens is 4. The van der Waals surface area contributed by atoms with Crippen molar-refractivity contribution in [1.82, 2.24) is 34.0 Å². The van der Waals surface area contributed by atoms with Crippen molar-refractivity contribution in [3.8, 4) is 16.8 Å². The number of alkyl halides is 3. The molecule has 3 fully saturated rings. The summed E-state index contributed by atoms with van der Waals surface area (Å²) in [5.74, 6) is 7.57. The summed E-state index contributed by atoms with van der Waals surface area (Å²) in [7, 11) is -2.39. The van der Waals surface area contributed by atoms with E-state index in [1.54, 1.807) is 42.9 Å². The fraction of sp³-hybridized carbons (Fsp3) is 0.446. The van der Waals surface area contributed by atoms with Gasteiger partial charge in [-0.2, -0.15) is 13.2 Å². The third kappa shape index (κ3) is 11.5. The van der Waals surface area contributed by atoms with E-state index in [4.69, 9.17) is 16.6 Å². The summed E-state index contributed by atoms with van der Waals surface area (Å²) in [6.45, 7) is 13.2. The van der Waals surface area contributed by atoms with Crippen molar-refractivity contribution in [3.05, 3.63) is 117 Å². The average Bonchev–Trinajstić information content (AvgIpc) is 4.04. The molecule has 1 spiro atoms. The van der Waals surface area contributed by atoms with Crippen LogP contribution >= 0.6 is 30.1 Å². The van der Waals surface area contributed by atoms with E-state index in [0.29, 0.717) is 54.5 Å². The van der Waals surface area contributed by atoms with Gasteiger partial charge in [0.2, 0.25) is 11.8 Å². The van der Waals surface area contributed by atoms with Crippen LogP contribution in [0.4, 0.5) is 24.5 Å². The molecule has 0 saturated carbocycles. The van der Waals surface area contributed by atoms with Gasteiger partial charge in [0.15, 0.2) is 5.82 Å². The number of aliphatic imine (C=N–C) groups is 1. The summed E-state index contributed by atoms with van der Waals surface area (Å²) in [6, 6.07) is 21.6. The summed E-state index contributed by atoms with van der Waals surface area (Å²) >= 11 is 8.00. The van der Waals surface area contributed by atoms with Gasteiger partial charge in [-0.15, -0.1) is 21.5 Å². The van der Waals surface area contributed by atoms with Crippen molar-refractivity contribution in [2.24, 2.45) is 10.4 Å². The van der Waals surface area contributed by atoms with E-state index in [0.717, 1.165) is 102 Å². The van der Waals surface area contributed by atoms with Crippen molar-refractivity contribution < 1.29 is 27.3 Å². The summed E-state index contributed by atoms with van der Waals surface area (Å²) in [5, 5.41) is 19.0. The number of thiophene rings is 1. The molecule has 2 N–H and O–H groups in total. The first-order valence-electron chi connectivity index (χ1n) is 25.8. The van der Waals surface area contributed by atoms with Gasteiger partial charge < -0.3 is 29.6 Å². The van der Waals surface area contributed by atoms with Crippen LogP contribution < -0.4 is 15.9 Å². The van der Waals surface area contributed by atoms with Crippen LogP contribution in [0.15, 0.2) is 77.8 Å². The van der Waals surface area contributed by atoms with Gasteiger partial charge in [0.05, 0.1) is 36.4 Å². The fourth-order valence-corrected chi connectivity index (χ4v) is 13.4. The smallest absolute Gasteiger partial charge is 0.382 e. The molecule has 3 saturated heterocycles. The lowest BCUT2D eigenvalue weighted by molar-refractivity contribution is -0.140. The Bertz CT molecular complexity index is 3250. The molecule has 7 heterocycles. The van der Waals surface area contributed by atoms with E-state index in [1.807, 2.05) is 71.3 Å². The lowest BCUT2D eigenvalue weighted by atomic mass is 9.71. The highest BCUT2D eigenvalue weighted by molar-refractivity contribution is 7.70. The number of hydrogen-bond donors (Lipinski definition) is 2. The predicted octanol–water partition coefficient (Wildman–Crippen LogP) is 10.2. The van der Waals surface area contributed by atoms with Crippen LogP contribution in [0.1, 0.15) is 89.9 Å². The Labute approximate surface area is 445 Å². The van der Waals surface area contributed by atoms with Crippen LogP contribution in [0, 0.1) is 38.0 Å². The number of piperidine rings is 3. The summed E-state index contributed by atoms with van der Waals surface area (Å²) < 4.78 is 57.4. The Kier molecular flexibility index (Phi) is 14.9. The number of nitrogens with zero attached hydrogens (tertiary/aromatic N) is 8. The number of halogens is 4. The Balaban J connectivity index is 0.710. The second-order valence-electron chi connectivity index (χ2n) is 21.1. The third-order valence-electron chi connectivity index (χ3n) is 15.8. The van der Waals surface area contributed by atoms with Crippen molar-refractivity contribution in [1.29, 1.82) is 0 Å². The number of fused-ring (bicyclic) bond motifs is 4. The number of carbonyl (C=O) groups excluding carboxylic acids is 2. The van der Waals surface area contributed by atoms with Gasteiger partial charge in [-0.1, -0.05) is 35.7 Å². The molecule has 0 aliphatic carbocycles. The molecule has 1 atom stereocenters. The molecule has 0 unspecified atom stereocenters. The molecule has 394 valence electrons. The molecule has 4 aliphatic rings. The van der Waals surface area contributed by atoms with Gasteiger partial charge in [0, 0.05) is 88.4 Å². The number of hydrogen-bond acceptors (Lipinski definition) is 10. The van der Waals surface area contributed by atoms with Crippen LogP contribution in [0.2, 0.25) is 5.02 Å². The monoisotopic (exact) mass is 1080 g/mol. The zero-order valence-corrected chi connectivity index (χ0v) is 45.5. The highest BCUT2D eigenvalue weighted by atomic mass is 35.5. The zero-order chi connectivity index (χ0) is 52.8. The number of carbonyl (C=O) groups is 2. The topological polar surface area (TPSA) is 133 Å². The summed E-state index contributed by atoms with van der Waals surface area (Å²) in [6.07, 6.45) is 0.903. The molecule has 3 aromatic carbocycles. The van der Waals surface area contributed by atoms with E-state index in [9.17, 15) is 27.3 Å². The van der Waals surface area contributed by atoms with Crippen LogP contribution in [0.25, 0.3) is 15.9 Å². The molecule has 6 aromatic rings. The first kappa shape index (κ1) is 52.5. The number of benzene rings is 3. The maximum atomic E-state index is 14.2. The maximum absolute atomic E-state index is 14.2. The predicted molar refractivity (Wildman–Crippen MR) is 294 cm³/mol. The first-order valence-corrected chi connectivity index (χ1v) is 29.6. The van der Waals surface area contributed by atoms with E-state index < -0.39 is 25.9 Å². The summed E-state index contributed by atoms with van der Waals surface area (Å²) in [5.41, 5.74) is 6.29. The number of nitrogens with one attached hydrogen (secondary N) is 2. The number of anilines is 2. The minimum absolute atomic E-state index is 0.0507. The molecule has 13 nitrogen and oxygen atoms in total. The first-order chi connectivity index (χ1) is 35.8. The average molecular weight is 1080 g/mol. The van der Waals surface area contributed by atoms with Gasteiger partial charge >= 0.3 is 6.18 Å². The van der Waals surface area contributed by atoms with E-state index in [-0.39, 0.29) is 41.9 Å². The zero-order valence-electron chi connectivity index (χ0n) is 43.1. The highest BCUT2D eigenvalue weighted by Crippen LogP contribution is 2.44. The van der Waals surface area contributed by atoms with Crippen LogP contribution in [-0.2, 0) is 20.7 Å². The molecular weight excluding hydrogens is 1020 g/mol. The Morgan fingerprint density at radius 2 is 1.55 bits per heavy atom. The molecule has 19 heteroatoms. The van der Waals surface area contributed by atoms with Gasteiger partial charge in [0.1, 0.15) is 30.6 Å². The normalized spacial score (nSPS) is 18.3. The third-order valence-corrected chi connectivity index (χ3v) is 18.7. The molecule has 2 amide bonds. The molecule has 0 radical (unpaired) electrons. The van der Waals surface area contributed by atoms with Crippen molar-refractivity contribution in [2.75, 3.05) is 76.3 Å². The highest BCUT2D eigenvalue weighted by Gasteiger charge is 2.41. The second kappa shape index (κ2) is 21.2. The maximum Gasteiger partial charge on any atom is 0.406 e. The Hall–Kier alpha value is -5.92. The fourth-order valence-electron chi connectivity index (χ4n) is 11.2. The molecule has 4 aliphatic heterocycles. The van der Waals surface area contributed by atoms with Gasteiger partial charge in [-0.3, -0.25) is 24.0 Å². The van der Waals surface area contributed by atoms with Crippen LogP contribution in [0.3, 0.4) is 0 Å².